The van der Waals surface area contributed by atoms with Gasteiger partial charge in [-0.15, -0.1) is 0 Å². The minimum Gasteiger partial charge on any atom is -0.370 e. The molecule has 1 amide bonds. The summed E-state index contributed by atoms with van der Waals surface area (Å²) < 4.78 is 27.0. The van der Waals surface area contributed by atoms with Crippen molar-refractivity contribution >= 4 is 31.9 Å². The van der Waals surface area contributed by atoms with E-state index in [0.717, 1.165) is 5.56 Å². The van der Waals surface area contributed by atoms with E-state index >= 15 is 0 Å². The molecule has 18 heavy (non-hydrogen) atoms. The monoisotopic (exact) mass is 334 g/mol. The summed E-state index contributed by atoms with van der Waals surface area (Å²) in [6, 6.07) is 4.39. The largest absolute Gasteiger partial charge is 0.370 e. The van der Waals surface area contributed by atoms with E-state index in [-0.39, 0.29) is 11.3 Å². The van der Waals surface area contributed by atoms with Crippen LogP contribution in [0.25, 0.3) is 0 Å². The third-order valence-electron chi connectivity index (χ3n) is 2.24. The molecule has 7 heteroatoms. The van der Waals surface area contributed by atoms with Crippen LogP contribution in [0, 0.1) is 6.92 Å². The molecule has 1 atom stereocenters. The summed E-state index contributed by atoms with van der Waals surface area (Å²) in [5.41, 5.74) is 5.97. The quantitative estimate of drug-likeness (QED) is 0.850. The lowest BCUT2D eigenvalue weighted by Crippen LogP contribution is -2.35. The number of sulfonamides is 1. The van der Waals surface area contributed by atoms with Crippen LogP contribution in [-0.2, 0) is 14.8 Å². The fraction of sp³-hybridized carbons (Fsp3) is 0.364. The molecule has 3 N–H and O–H groups in total. The second-order valence-electron chi connectivity index (χ2n) is 4.13. The van der Waals surface area contributed by atoms with Crippen molar-refractivity contribution in [3.63, 3.8) is 0 Å². The Morgan fingerprint density at radius 3 is 2.61 bits per heavy atom. The maximum Gasteiger partial charge on any atom is 0.241 e. The third-order valence-corrected chi connectivity index (χ3v) is 4.81. The molecular weight excluding hydrogens is 320 g/mol. The topological polar surface area (TPSA) is 89.3 Å². The average Bonchev–Trinajstić information content (AvgIpc) is 2.13. The van der Waals surface area contributed by atoms with E-state index in [1.807, 2.05) is 6.92 Å². The van der Waals surface area contributed by atoms with Gasteiger partial charge in [0.2, 0.25) is 15.9 Å². The molecule has 0 fully saturated rings. The maximum absolute atomic E-state index is 12.1. The first-order valence-electron chi connectivity index (χ1n) is 5.29. The highest BCUT2D eigenvalue weighted by atomic mass is 79.9. The van der Waals surface area contributed by atoms with Crippen LogP contribution < -0.4 is 10.5 Å². The summed E-state index contributed by atoms with van der Waals surface area (Å²) in [4.78, 5) is 10.9. The van der Waals surface area contributed by atoms with Gasteiger partial charge in [-0.1, -0.05) is 6.07 Å². The molecule has 0 saturated heterocycles. The summed E-state index contributed by atoms with van der Waals surface area (Å²) in [7, 11) is -3.66. The number of hydrogen-bond donors (Lipinski definition) is 2. The molecule has 0 spiro atoms. The number of benzene rings is 1. The third kappa shape index (κ3) is 4.08. The van der Waals surface area contributed by atoms with Gasteiger partial charge in [-0.2, -0.15) is 0 Å². The number of hydrogen-bond acceptors (Lipinski definition) is 3. The molecule has 1 unspecified atom stereocenters. The zero-order valence-corrected chi connectivity index (χ0v) is 12.5. The van der Waals surface area contributed by atoms with Crippen LogP contribution >= 0.6 is 15.9 Å². The molecule has 1 aromatic rings. The van der Waals surface area contributed by atoms with E-state index < -0.39 is 22.0 Å². The molecule has 0 aliphatic rings. The molecule has 0 aliphatic heterocycles. The van der Waals surface area contributed by atoms with Gasteiger partial charge < -0.3 is 5.73 Å². The molecule has 0 aliphatic carbocycles. The Morgan fingerprint density at radius 2 is 2.11 bits per heavy atom. The number of halogens is 1. The van der Waals surface area contributed by atoms with Crippen molar-refractivity contribution in [1.29, 1.82) is 0 Å². The predicted molar refractivity (Wildman–Crippen MR) is 72.5 cm³/mol. The second-order valence-corrected chi connectivity index (χ2v) is 6.66. The van der Waals surface area contributed by atoms with Gasteiger partial charge in [-0.05, 0) is 47.5 Å². The van der Waals surface area contributed by atoms with E-state index in [0.29, 0.717) is 4.47 Å². The number of carbonyl (C=O) groups excluding carboxylic acids is 1. The number of amides is 1. The van der Waals surface area contributed by atoms with Gasteiger partial charge in [0.05, 0.1) is 4.90 Å². The van der Waals surface area contributed by atoms with Crippen molar-refractivity contribution in [2.75, 3.05) is 0 Å². The van der Waals surface area contributed by atoms with Crippen molar-refractivity contribution in [2.24, 2.45) is 5.73 Å². The van der Waals surface area contributed by atoms with Gasteiger partial charge in [-0.25, -0.2) is 13.1 Å². The molecule has 0 aromatic heterocycles. The number of rotatable bonds is 5. The van der Waals surface area contributed by atoms with E-state index in [1.165, 1.54) is 6.07 Å². The second kappa shape index (κ2) is 5.81. The summed E-state index contributed by atoms with van der Waals surface area (Å²) in [6.45, 7) is 3.45. The van der Waals surface area contributed by atoms with Crippen molar-refractivity contribution < 1.29 is 13.2 Å². The summed E-state index contributed by atoms with van der Waals surface area (Å²) >= 11 is 3.21. The number of aryl methyl sites for hydroxylation is 1. The Kier molecular flexibility index (Phi) is 4.89. The normalized spacial score (nSPS) is 13.3. The van der Waals surface area contributed by atoms with Crippen molar-refractivity contribution in [2.45, 2.75) is 31.2 Å². The van der Waals surface area contributed by atoms with E-state index in [2.05, 4.69) is 20.7 Å². The molecule has 5 nitrogen and oxygen atoms in total. The Bertz CT molecular complexity index is 557. The Morgan fingerprint density at radius 1 is 1.50 bits per heavy atom. The van der Waals surface area contributed by atoms with Crippen LogP contribution in [0.2, 0.25) is 0 Å². The summed E-state index contributed by atoms with van der Waals surface area (Å²) in [6.07, 6.45) is -0.0390. The van der Waals surface area contributed by atoms with Gasteiger partial charge in [0.25, 0.3) is 0 Å². The molecule has 0 radical (unpaired) electrons. The molecule has 1 rings (SSSR count). The van der Waals surface area contributed by atoms with Crippen molar-refractivity contribution in [3.8, 4) is 0 Å². The Labute approximate surface area is 115 Å². The SMILES string of the molecule is Cc1ccc(S(=O)(=O)NC(C)CC(N)=O)c(Br)c1. The van der Waals surface area contributed by atoms with E-state index in [4.69, 9.17) is 5.73 Å². The minimum absolute atomic E-state index is 0.0390. The maximum atomic E-state index is 12.1. The fourth-order valence-corrected chi connectivity index (χ4v) is 3.93. The molecule has 100 valence electrons. The highest BCUT2D eigenvalue weighted by molar-refractivity contribution is 9.10. The zero-order valence-electron chi connectivity index (χ0n) is 10.1. The summed E-state index contributed by atoms with van der Waals surface area (Å²) in [5, 5.41) is 0. The average molecular weight is 335 g/mol. The first kappa shape index (κ1) is 15.1. The first-order valence-corrected chi connectivity index (χ1v) is 7.57. The van der Waals surface area contributed by atoms with Crippen LogP contribution in [-0.4, -0.2) is 20.4 Å². The minimum atomic E-state index is -3.66. The van der Waals surface area contributed by atoms with Crippen molar-refractivity contribution in [3.05, 3.63) is 28.2 Å². The number of nitrogens with two attached hydrogens (primary N) is 1. The molecule has 0 bridgehead atoms. The molecule has 1 aromatic carbocycles. The fourth-order valence-electron chi connectivity index (χ4n) is 1.50. The molecule has 0 heterocycles. The summed E-state index contributed by atoms with van der Waals surface area (Å²) in [5.74, 6) is -0.548. The number of primary amides is 1. The van der Waals surface area contributed by atoms with Crippen LogP contribution in [0.15, 0.2) is 27.6 Å². The van der Waals surface area contributed by atoms with Gasteiger partial charge in [0, 0.05) is 16.9 Å². The molecular formula is C11H15BrN2O3S. The standard InChI is InChI=1S/C11H15BrN2O3S/c1-7-3-4-10(9(12)5-7)18(16,17)14-8(2)6-11(13)15/h3-5,8,14H,6H2,1-2H3,(H2,13,15). The van der Waals surface area contributed by atoms with Gasteiger partial charge >= 0.3 is 0 Å². The van der Waals surface area contributed by atoms with Crippen LogP contribution in [0.5, 0.6) is 0 Å². The molecule has 0 saturated carbocycles. The lowest BCUT2D eigenvalue weighted by atomic mass is 10.2. The number of carbonyl (C=O) groups is 1. The van der Waals surface area contributed by atoms with Crippen LogP contribution in [0.1, 0.15) is 18.9 Å². The van der Waals surface area contributed by atoms with Crippen LogP contribution in [0.4, 0.5) is 0 Å². The van der Waals surface area contributed by atoms with E-state index in [9.17, 15) is 13.2 Å². The van der Waals surface area contributed by atoms with Gasteiger partial charge in [0.15, 0.2) is 0 Å². The predicted octanol–water partition coefficient (Wildman–Crippen LogP) is 1.30. The van der Waals surface area contributed by atoms with Crippen LogP contribution in [0.3, 0.4) is 0 Å². The van der Waals surface area contributed by atoms with Gasteiger partial charge in [0.1, 0.15) is 0 Å². The lowest BCUT2D eigenvalue weighted by molar-refractivity contribution is -0.118. The van der Waals surface area contributed by atoms with E-state index in [1.54, 1.807) is 19.1 Å². The Hall–Kier alpha value is -0.920. The van der Waals surface area contributed by atoms with Gasteiger partial charge in [-0.3, -0.25) is 4.79 Å². The highest BCUT2D eigenvalue weighted by Crippen LogP contribution is 2.23. The van der Waals surface area contributed by atoms with Crippen molar-refractivity contribution in [1.82, 2.24) is 4.72 Å². The Balaban J connectivity index is 2.96. The first-order chi connectivity index (χ1) is 8.22. The highest BCUT2D eigenvalue weighted by Gasteiger charge is 2.20. The number of nitrogens with one attached hydrogen (secondary N) is 1. The smallest absolute Gasteiger partial charge is 0.241 e. The zero-order chi connectivity index (χ0) is 13.9. The lowest BCUT2D eigenvalue weighted by Gasteiger charge is -2.13.